The Balaban J connectivity index is 2.65. The Labute approximate surface area is 81.4 Å². The monoisotopic (exact) mass is 234 g/mol. The van der Waals surface area contributed by atoms with Crippen molar-refractivity contribution in [3.05, 3.63) is 36.4 Å². The molecular formula is C10H6N2Se. The Hall–Kier alpha value is -1.18. The van der Waals surface area contributed by atoms with Gasteiger partial charge in [0.2, 0.25) is 0 Å². The molecular weight excluding hydrogens is 227 g/mol. The molecule has 0 N–H and O–H groups in total. The zero-order valence-corrected chi connectivity index (χ0v) is 8.48. The van der Waals surface area contributed by atoms with Gasteiger partial charge in [-0.15, -0.1) is 0 Å². The maximum atomic E-state index is 4.42. The molecule has 0 aliphatic carbocycles. The first-order valence-electron chi connectivity index (χ1n) is 4.05. The summed E-state index contributed by atoms with van der Waals surface area (Å²) in [6, 6.07) is 12.5. The van der Waals surface area contributed by atoms with Gasteiger partial charge in [0.05, 0.1) is 0 Å². The molecule has 0 spiro atoms. The molecule has 3 aromatic rings. The summed E-state index contributed by atoms with van der Waals surface area (Å²) in [5.74, 6) is 0. The maximum absolute atomic E-state index is 4.42. The molecule has 1 aromatic heterocycles. The molecule has 2 nitrogen and oxygen atoms in total. The van der Waals surface area contributed by atoms with Gasteiger partial charge in [0.15, 0.2) is 0 Å². The van der Waals surface area contributed by atoms with Crippen molar-refractivity contribution in [1.29, 1.82) is 0 Å². The third kappa shape index (κ3) is 1.01. The molecule has 0 radical (unpaired) electrons. The van der Waals surface area contributed by atoms with E-state index in [1.165, 1.54) is 10.8 Å². The minimum atomic E-state index is 0.0759. The SMILES string of the molecule is c1ccc2c(c1)ccc1n[se]nc12. The van der Waals surface area contributed by atoms with Crippen LogP contribution in [0.3, 0.4) is 0 Å². The molecule has 0 bridgehead atoms. The molecule has 0 atom stereocenters. The van der Waals surface area contributed by atoms with Crippen LogP contribution in [0.4, 0.5) is 0 Å². The van der Waals surface area contributed by atoms with Crippen molar-refractivity contribution >= 4 is 36.8 Å². The number of hydrogen-bond donors (Lipinski definition) is 0. The summed E-state index contributed by atoms with van der Waals surface area (Å²) < 4.78 is 8.77. The van der Waals surface area contributed by atoms with Crippen LogP contribution in [0.25, 0.3) is 21.8 Å². The Morgan fingerprint density at radius 2 is 1.85 bits per heavy atom. The summed E-state index contributed by atoms with van der Waals surface area (Å²) in [5.41, 5.74) is 2.14. The van der Waals surface area contributed by atoms with Crippen molar-refractivity contribution in [1.82, 2.24) is 7.96 Å². The van der Waals surface area contributed by atoms with E-state index in [2.05, 4.69) is 32.2 Å². The molecule has 3 rings (SSSR count). The van der Waals surface area contributed by atoms with E-state index in [0.717, 1.165) is 11.0 Å². The summed E-state index contributed by atoms with van der Waals surface area (Å²) >= 11 is 0.0759. The molecule has 0 saturated carbocycles. The fourth-order valence-electron chi connectivity index (χ4n) is 1.52. The standard InChI is InChI=1S/C10H6N2Se/c1-2-4-8-7(3-1)5-6-9-10(8)12-13-11-9/h1-6H. The molecule has 13 heavy (non-hydrogen) atoms. The van der Waals surface area contributed by atoms with Gasteiger partial charge < -0.3 is 0 Å². The summed E-state index contributed by atoms with van der Waals surface area (Å²) in [5, 5.41) is 2.47. The summed E-state index contributed by atoms with van der Waals surface area (Å²) in [7, 11) is 0. The summed E-state index contributed by atoms with van der Waals surface area (Å²) in [4.78, 5) is 0. The van der Waals surface area contributed by atoms with Crippen LogP contribution < -0.4 is 0 Å². The average molecular weight is 233 g/mol. The number of nitrogens with zero attached hydrogens (tertiary/aromatic N) is 2. The van der Waals surface area contributed by atoms with Crippen LogP contribution in [0, 0.1) is 0 Å². The third-order valence-electron chi connectivity index (χ3n) is 2.15. The molecule has 3 heteroatoms. The van der Waals surface area contributed by atoms with Crippen molar-refractivity contribution in [2.45, 2.75) is 0 Å². The molecule has 0 fully saturated rings. The molecule has 62 valence electrons. The third-order valence-corrected chi connectivity index (χ3v) is 3.29. The predicted molar refractivity (Wildman–Crippen MR) is 54.0 cm³/mol. The van der Waals surface area contributed by atoms with Crippen molar-refractivity contribution in [2.24, 2.45) is 0 Å². The van der Waals surface area contributed by atoms with Crippen LogP contribution in [0.2, 0.25) is 0 Å². The van der Waals surface area contributed by atoms with E-state index in [1.54, 1.807) is 0 Å². The van der Waals surface area contributed by atoms with E-state index in [-0.39, 0.29) is 15.0 Å². The van der Waals surface area contributed by atoms with Crippen molar-refractivity contribution in [2.75, 3.05) is 0 Å². The molecule has 1 heterocycles. The Morgan fingerprint density at radius 3 is 2.85 bits per heavy atom. The van der Waals surface area contributed by atoms with Gasteiger partial charge >= 0.3 is 81.1 Å². The van der Waals surface area contributed by atoms with Gasteiger partial charge in [0, 0.05) is 0 Å². The van der Waals surface area contributed by atoms with E-state index in [4.69, 9.17) is 0 Å². The van der Waals surface area contributed by atoms with Crippen molar-refractivity contribution in [3.8, 4) is 0 Å². The van der Waals surface area contributed by atoms with Crippen molar-refractivity contribution < 1.29 is 0 Å². The Morgan fingerprint density at radius 1 is 0.923 bits per heavy atom. The number of rotatable bonds is 0. The number of benzene rings is 2. The van der Waals surface area contributed by atoms with Crippen molar-refractivity contribution in [3.63, 3.8) is 0 Å². The first kappa shape index (κ1) is 7.24. The van der Waals surface area contributed by atoms with Gasteiger partial charge in [-0.2, -0.15) is 0 Å². The Kier molecular flexibility index (Phi) is 1.48. The van der Waals surface area contributed by atoms with Gasteiger partial charge in [-0.1, -0.05) is 0 Å². The fraction of sp³-hybridized carbons (Fsp3) is 0. The topological polar surface area (TPSA) is 25.8 Å². The zero-order chi connectivity index (χ0) is 8.67. The molecule has 0 saturated heterocycles. The summed E-state index contributed by atoms with van der Waals surface area (Å²) in [6.45, 7) is 0. The normalized spacial score (nSPS) is 11.1. The van der Waals surface area contributed by atoms with Crippen LogP contribution in [0.1, 0.15) is 0 Å². The van der Waals surface area contributed by atoms with E-state index in [1.807, 2.05) is 12.1 Å². The van der Waals surface area contributed by atoms with E-state index in [9.17, 15) is 0 Å². The first-order chi connectivity index (χ1) is 6.45. The van der Waals surface area contributed by atoms with E-state index < -0.39 is 0 Å². The second-order valence-electron chi connectivity index (χ2n) is 2.92. The Bertz CT molecular complexity index is 571. The van der Waals surface area contributed by atoms with Crippen LogP contribution in [-0.2, 0) is 0 Å². The quantitative estimate of drug-likeness (QED) is 0.554. The van der Waals surface area contributed by atoms with Gasteiger partial charge in [0.25, 0.3) is 0 Å². The zero-order valence-electron chi connectivity index (χ0n) is 6.77. The average Bonchev–Trinajstić information content (AvgIpc) is 2.65. The predicted octanol–water partition coefficient (Wildman–Crippen LogP) is 1.84. The minimum absolute atomic E-state index is 0.0759. The second kappa shape index (κ2) is 2.66. The number of fused-ring (bicyclic) bond motifs is 3. The number of hydrogen-bond acceptors (Lipinski definition) is 2. The van der Waals surface area contributed by atoms with Gasteiger partial charge in [0.1, 0.15) is 0 Å². The van der Waals surface area contributed by atoms with E-state index >= 15 is 0 Å². The molecule has 2 aromatic carbocycles. The van der Waals surface area contributed by atoms with Crippen LogP contribution >= 0.6 is 0 Å². The molecule has 0 aliphatic heterocycles. The van der Waals surface area contributed by atoms with Crippen LogP contribution in [0.5, 0.6) is 0 Å². The van der Waals surface area contributed by atoms with E-state index in [0.29, 0.717) is 0 Å². The van der Waals surface area contributed by atoms with Gasteiger partial charge in [-0.3, -0.25) is 0 Å². The van der Waals surface area contributed by atoms with Gasteiger partial charge in [-0.05, 0) is 0 Å². The van der Waals surface area contributed by atoms with Gasteiger partial charge in [-0.25, -0.2) is 0 Å². The number of aromatic nitrogens is 2. The first-order valence-corrected chi connectivity index (χ1v) is 5.58. The van der Waals surface area contributed by atoms with Crippen LogP contribution in [-0.4, -0.2) is 22.9 Å². The molecule has 0 unspecified atom stereocenters. The molecule has 0 amide bonds. The fourth-order valence-corrected chi connectivity index (χ4v) is 2.67. The van der Waals surface area contributed by atoms with Crippen LogP contribution in [0.15, 0.2) is 36.4 Å². The molecule has 0 aliphatic rings. The summed E-state index contributed by atoms with van der Waals surface area (Å²) in [6.07, 6.45) is 0. The second-order valence-corrected chi connectivity index (χ2v) is 4.03.